The van der Waals surface area contributed by atoms with Crippen LogP contribution < -0.4 is 5.32 Å². The van der Waals surface area contributed by atoms with Crippen molar-refractivity contribution in [2.45, 2.75) is 39.5 Å². The summed E-state index contributed by atoms with van der Waals surface area (Å²) in [7, 11) is 0. The van der Waals surface area contributed by atoms with E-state index in [1.807, 2.05) is 0 Å². The largest absolute Gasteiger partial charge is 0.507 e. The highest BCUT2D eigenvalue weighted by Gasteiger charge is 2.11. The number of phenolic OH excluding ortho intramolecular Hbond substituents is 1. The van der Waals surface area contributed by atoms with Crippen LogP contribution in [0.15, 0.2) is 18.2 Å². The molecule has 0 fully saturated rings. The molecule has 0 aliphatic heterocycles. The van der Waals surface area contributed by atoms with E-state index in [-0.39, 0.29) is 11.7 Å². The molecular formula is C14H21NO2. The Labute approximate surface area is 103 Å². The van der Waals surface area contributed by atoms with Crippen molar-refractivity contribution in [3.05, 3.63) is 29.3 Å². The van der Waals surface area contributed by atoms with Crippen LogP contribution >= 0.6 is 0 Å². The summed E-state index contributed by atoms with van der Waals surface area (Å²) < 4.78 is 0. The molecule has 0 aliphatic carbocycles. The van der Waals surface area contributed by atoms with Crippen LogP contribution in [0.2, 0.25) is 0 Å². The first-order valence-electron chi connectivity index (χ1n) is 6.23. The predicted molar refractivity (Wildman–Crippen MR) is 69.3 cm³/mol. The summed E-state index contributed by atoms with van der Waals surface area (Å²) in [6.45, 7) is 4.61. The molecule has 0 spiro atoms. The highest BCUT2D eigenvalue weighted by Crippen LogP contribution is 2.20. The highest BCUT2D eigenvalue weighted by atomic mass is 16.3. The molecule has 0 bridgehead atoms. The van der Waals surface area contributed by atoms with Crippen molar-refractivity contribution in [3.8, 4) is 5.75 Å². The summed E-state index contributed by atoms with van der Waals surface area (Å²) in [4.78, 5) is 11.8. The van der Waals surface area contributed by atoms with E-state index in [1.165, 1.54) is 12.8 Å². The molecular weight excluding hydrogens is 214 g/mol. The van der Waals surface area contributed by atoms with Gasteiger partial charge in [-0.25, -0.2) is 0 Å². The molecule has 0 atom stereocenters. The van der Waals surface area contributed by atoms with E-state index in [0.717, 1.165) is 18.4 Å². The minimum absolute atomic E-state index is 0.0820. The number of carbonyl (C=O) groups excluding carboxylic acids is 1. The van der Waals surface area contributed by atoms with Gasteiger partial charge < -0.3 is 10.4 Å². The number of aromatic hydroxyl groups is 1. The molecule has 0 heterocycles. The van der Waals surface area contributed by atoms with Crippen LogP contribution in [-0.2, 0) is 0 Å². The SMILES string of the molecule is CCCCCCNC(=O)c1cccc(C)c1O. The van der Waals surface area contributed by atoms with E-state index < -0.39 is 0 Å². The summed E-state index contributed by atoms with van der Waals surface area (Å²) in [5.74, 6) is -0.110. The first-order valence-corrected chi connectivity index (χ1v) is 6.23. The Morgan fingerprint density at radius 2 is 2.06 bits per heavy atom. The first kappa shape index (κ1) is 13.6. The molecule has 0 aromatic heterocycles. The Bertz CT molecular complexity index is 374. The number of hydrogen-bond acceptors (Lipinski definition) is 2. The maximum absolute atomic E-state index is 11.8. The molecule has 1 amide bonds. The molecule has 0 aliphatic rings. The lowest BCUT2D eigenvalue weighted by Crippen LogP contribution is -2.24. The highest BCUT2D eigenvalue weighted by molar-refractivity contribution is 5.97. The van der Waals surface area contributed by atoms with Crippen LogP contribution in [0, 0.1) is 6.92 Å². The second kappa shape index (κ2) is 6.94. The van der Waals surface area contributed by atoms with Crippen molar-refractivity contribution in [3.63, 3.8) is 0 Å². The van der Waals surface area contributed by atoms with Gasteiger partial charge in [0.05, 0.1) is 5.56 Å². The molecule has 0 saturated carbocycles. The average Bonchev–Trinajstić information content (AvgIpc) is 2.32. The van der Waals surface area contributed by atoms with Crippen molar-refractivity contribution in [1.29, 1.82) is 0 Å². The molecule has 2 N–H and O–H groups in total. The fourth-order valence-corrected chi connectivity index (χ4v) is 1.69. The van der Waals surface area contributed by atoms with Gasteiger partial charge in [-0.15, -0.1) is 0 Å². The van der Waals surface area contributed by atoms with Gasteiger partial charge in [-0.2, -0.15) is 0 Å². The third-order valence-corrected chi connectivity index (χ3v) is 2.80. The quantitative estimate of drug-likeness (QED) is 0.745. The number of unbranched alkanes of at least 4 members (excludes halogenated alkanes) is 3. The smallest absolute Gasteiger partial charge is 0.255 e. The Kier molecular flexibility index (Phi) is 5.53. The van der Waals surface area contributed by atoms with Crippen molar-refractivity contribution in [2.24, 2.45) is 0 Å². The molecule has 3 nitrogen and oxygen atoms in total. The number of hydrogen-bond donors (Lipinski definition) is 2. The predicted octanol–water partition coefficient (Wildman–Crippen LogP) is 3.01. The van der Waals surface area contributed by atoms with Gasteiger partial charge in [0.1, 0.15) is 5.75 Å². The average molecular weight is 235 g/mol. The summed E-state index contributed by atoms with van der Waals surface area (Å²) >= 11 is 0. The van der Waals surface area contributed by atoms with Gasteiger partial charge in [-0.05, 0) is 25.0 Å². The molecule has 1 rings (SSSR count). The Balaban J connectivity index is 2.44. The fraction of sp³-hybridized carbons (Fsp3) is 0.500. The molecule has 94 valence electrons. The van der Waals surface area contributed by atoms with E-state index in [0.29, 0.717) is 12.1 Å². The molecule has 0 unspecified atom stereocenters. The van der Waals surface area contributed by atoms with E-state index in [9.17, 15) is 9.90 Å². The van der Waals surface area contributed by atoms with Crippen molar-refractivity contribution in [2.75, 3.05) is 6.54 Å². The van der Waals surface area contributed by atoms with Crippen LogP contribution in [0.1, 0.15) is 48.5 Å². The van der Waals surface area contributed by atoms with Crippen LogP contribution in [0.5, 0.6) is 5.75 Å². The van der Waals surface area contributed by atoms with E-state index in [4.69, 9.17) is 0 Å². The third kappa shape index (κ3) is 4.10. The number of amides is 1. The van der Waals surface area contributed by atoms with Gasteiger partial charge in [0.25, 0.3) is 5.91 Å². The summed E-state index contributed by atoms with van der Waals surface area (Å²) in [5, 5.41) is 12.6. The Hall–Kier alpha value is -1.51. The monoisotopic (exact) mass is 235 g/mol. The number of benzene rings is 1. The maximum atomic E-state index is 11.8. The maximum Gasteiger partial charge on any atom is 0.255 e. The number of para-hydroxylation sites is 1. The van der Waals surface area contributed by atoms with E-state index >= 15 is 0 Å². The van der Waals surface area contributed by atoms with E-state index in [1.54, 1.807) is 25.1 Å². The van der Waals surface area contributed by atoms with Gasteiger partial charge in [0.15, 0.2) is 0 Å². The zero-order chi connectivity index (χ0) is 12.7. The van der Waals surface area contributed by atoms with Crippen LogP contribution in [0.25, 0.3) is 0 Å². The zero-order valence-corrected chi connectivity index (χ0v) is 10.6. The van der Waals surface area contributed by atoms with Gasteiger partial charge in [0, 0.05) is 6.54 Å². The van der Waals surface area contributed by atoms with Crippen LogP contribution in [0.3, 0.4) is 0 Å². The summed E-state index contributed by atoms with van der Waals surface area (Å²) in [6.07, 6.45) is 4.51. The Morgan fingerprint density at radius 3 is 2.76 bits per heavy atom. The van der Waals surface area contributed by atoms with Crippen molar-refractivity contribution in [1.82, 2.24) is 5.32 Å². The first-order chi connectivity index (χ1) is 8.16. The fourth-order valence-electron chi connectivity index (χ4n) is 1.69. The van der Waals surface area contributed by atoms with Gasteiger partial charge in [0.2, 0.25) is 0 Å². The molecule has 0 radical (unpaired) electrons. The van der Waals surface area contributed by atoms with Gasteiger partial charge in [-0.3, -0.25) is 4.79 Å². The number of carbonyl (C=O) groups is 1. The lowest BCUT2D eigenvalue weighted by molar-refractivity contribution is 0.0950. The standard InChI is InChI=1S/C14H21NO2/c1-3-4-5-6-10-15-14(17)12-9-7-8-11(2)13(12)16/h7-9,16H,3-6,10H2,1-2H3,(H,15,17). The zero-order valence-electron chi connectivity index (χ0n) is 10.6. The van der Waals surface area contributed by atoms with Crippen LogP contribution in [0.4, 0.5) is 0 Å². The lowest BCUT2D eigenvalue weighted by Gasteiger charge is -2.08. The minimum Gasteiger partial charge on any atom is -0.507 e. The summed E-state index contributed by atoms with van der Waals surface area (Å²) in [6, 6.07) is 5.21. The minimum atomic E-state index is -0.192. The second-order valence-corrected chi connectivity index (χ2v) is 4.29. The number of phenols is 1. The summed E-state index contributed by atoms with van der Waals surface area (Å²) in [5.41, 5.74) is 1.09. The molecule has 3 heteroatoms. The van der Waals surface area contributed by atoms with Gasteiger partial charge >= 0.3 is 0 Å². The lowest BCUT2D eigenvalue weighted by atomic mass is 10.1. The number of rotatable bonds is 6. The number of nitrogens with one attached hydrogen (secondary N) is 1. The van der Waals surface area contributed by atoms with Crippen molar-refractivity contribution >= 4 is 5.91 Å². The molecule has 1 aromatic rings. The normalized spacial score (nSPS) is 10.2. The molecule has 0 saturated heterocycles. The molecule has 17 heavy (non-hydrogen) atoms. The van der Waals surface area contributed by atoms with Crippen LogP contribution in [-0.4, -0.2) is 17.6 Å². The second-order valence-electron chi connectivity index (χ2n) is 4.29. The van der Waals surface area contributed by atoms with Crippen molar-refractivity contribution < 1.29 is 9.90 Å². The molecule has 1 aromatic carbocycles. The van der Waals surface area contributed by atoms with E-state index in [2.05, 4.69) is 12.2 Å². The third-order valence-electron chi connectivity index (χ3n) is 2.80. The van der Waals surface area contributed by atoms with Gasteiger partial charge in [-0.1, -0.05) is 38.3 Å². The topological polar surface area (TPSA) is 49.3 Å². The number of aryl methyl sites for hydroxylation is 1. The Morgan fingerprint density at radius 1 is 1.29 bits per heavy atom.